The summed E-state index contributed by atoms with van der Waals surface area (Å²) in [4.78, 5) is 31.6. The molecule has 0 saturated carbocycles. The third-order valence-corrected chi connectivity index (χ3v) is 5.38. The molecule has 0 atom stereocenters. The number of carbonyl (C=O) groups excluding carboxylic acids is 1. The van der Waals surface area contributed by atoms with Gasteiger partial charge >= 0.3 is 13.6 Å². The van der Waals surface area contributed by atoms with Gasteiger partial charge in [0.1, 0.15) is 23.7 Å². The maximum absolute atomic E-state index is 11.9. The largest absolute Gasteiger partial charge is 0.507 e. The summed E-state index contributed by atoms with van der Waals surface area (Å²) in [6.07, 6.45) is 2.06. The summed E-state index contributed by atoms with van der Waals surface area (Å²) < 4.78 is 21.5. The molecule has 150 valence electrons. The van der Waals surface area contributed by atoms with E-state index in [1.807, 2.05) is 24.8 Å². The van der Waals surface area contributed by atoms with Gasteiger partial charge in [-0.15, -0.1) is 0 Å². The molecular formula is C18H26NO7P. The molecule has 1 heterocycles. The molecule has 0 fully saturated rings. The van der Waals surface area contributed by atoms with Gasteiger partial charge in [0.05, 0.1) is 13.3 Å². The number of ether oxygens (including phenoxy) is 2. The van der Waals surface area contributed by atoms with Crippen LogP contribution in [0, 0.1) is 6.92 Å². The molecule has 0 saturated heterocycles. The predicted octanol–water partition coefficient (Wildman–Crippen LogP) is 1.98. The first-order valence-corrected chi connectivity index (χ1v) is 10.3. The predicted molar refractivity (Wildman–Crippen MR) is 100 cm³/mol. The molecule has 0 unspecified atom stereocenters. The van der Waals surface area contributed by atoms with Crippen LogP contribution in [0.15, 0.2) is 11.6 Å². The molecule has 1 aromatic carbocycles. The maximum atomic E-state index is 11.9. The number of rotatable bonds is 8. The van der Waals surface area contributed by atoms with Crippen molar-refractivity contribution in [3.8, 4) is 11.5 Å². The zero-order valence-corrected chi connectivity index (χ0v) is 16.9. The highest BCUT2D eigenvalue weighted by Gasteiger charge is 2.31. The molecule has 0 radical (unpaired) electrons. The fourth-order valence-corrected chi connectivity index (χ4v) is 3.78. The van der Waals surface area contributed by atoms with Gasteiger partial charge in [-0.25, -0.2) is 4.79 Å². The lowest BCUT2D eigenvalue weighted by Crippen LogP contribution is -2.24. The van der Waals surface area contributed by atoms with Crippen LogP contribution in [0.5, 0.6) is 11.5 Å². The molecule has 9 heteroatoms. The van der Waals surface area contributed by atoms with E-state index < -0.39 is 13.6 Å². The quantitative estimate of drug-likeness (QED) is 0.345. The van der Waals surface area contributed by atoms with Gasteiger partial charge in [0.25, 0.3) is 0 Å². The Bertz CT molecular complexity index is 813. The summed E-state index contributed by atoms with van der Waals surface area (Å²) in [5.41, 5.74) is 3.11. The van der Waals surface area contributed by atoms with Crippen LogP contribution in [-0.4, -0.2) is 59.2 Å². The number of hydrogen-bond acceptors (Lipinski definition) is 6. The first-order valence-electron chi connectivity index (χ1n) is 8.52. The van der Waals surface area contributed by atoms with Crippen molar-refractivity contribution in [3.05, 3.63) is 33.9 Å². The topological polar surface area (TPSA) is 117 Å². The Labute approximate surface area is 158 Å². The number of phenolic OH excluding ortho intramolecular Hbond substituents is 1. The number of fused-ring (bicyclic) bond motifs is 1. The zero-order valence-electron chi connectivity index (χ0n) is 16.0. The summed E-state index contributed by atoms with van der Waals surface area (Å²) in [5.74, 6) is -0.121. The first-order chi connectivity index (χ1) is 12.5. The van der Waals surface area contributed by atoms with E-state index in [0.29, 0.717) is 29.8 Å². The van der Waals surface area contributed by atoms with E-state index in [-0.39, 0.29) is 30.6 Å². The fraction of sp³-hybridized carbons (Fsp3) is 0.500. The van der Waals surface area contributed by atoms with Crippen LogP contribution in [0.4, 0.5) is 0 Å². The van der Waals surface area contributed by atoms with E-state index in [9.17, 15) is 14.5 Å². The van der Waals surface area contributed by atoms with Crippen molar-refractivity contribution >= 4 is 13.6 Å². The number of benzene rings is 1. The third-order valence-electron chi connectivity index (χ3n) is 4.59. The van der Waals surface area contributed by atoms with Crippen LogP contribution in [-0.2, 0) is 22.3 Å². The summed E-state index contributed by atoms with van der Waals surface area (Å²) in [6.45, 7) is 4.65. The summed E-state index contributed by atoms with van der Waals surface area (Å²) in [7, 11) is -0.723. The monoisotopic (exact) mass is 399 g/mol. The van der Waals surface area contributed by atoms with Crippen LogP contribution in [0.2, 0.25) is 0 Å². The van der Waals surface area contributed by atoms with Gasteiger partial charge in [0.2, 0.25) is 0 Å². The van der Waals surface area contributed by atoms with E-state index >= 15 is 0 Å². The van der Waals surface area contributed by atoms with Gasteiger partial charge in [-0.3, -0.25) is 4.57 Å². The Morgan fingerprint density at radius 2 is 2.07 bits per heavy atom. The van der Waals surface area contributed by atoms with Crippen molar-refractivity contribution in [1.82, 2.24) is 4.90 Å². The Morgan fingerprint density at radius 1 is 1.41 bits per heavy atom. The van der Waals surface area contributed by atoms with Crippen molar-refractivity contribution in [2.24, 2.45) is 0 Å². The second-order valence-electron chi connectivity index (χ2n) is 6.80. The Balaban J connectivity index is 2.18. The standard InChI is InChI=1S/C18H26NO7P/c1-11(9-19(3)7-8-27(22,23)24)5-6-13-16(20)15-14(10-26-18(15)21)12(2)17(13)25-4/h5,20H,6-10H2,1-4H3,(H2,22,23,24)/b11-5+. The minimum atomic E-state index is -4.02. The van der Waals surface area contributed by atoms with Gasteiger partial charge in [0.15, 0.2) is 0 Å². The van der Waals surface area contributed by atoms with Crippen LogP contribution in [0.3, 0.4) is 0 Å². The Morgan fingerprint density at radius 3 is 2.67 bits per heavy atom. The van der Waals surface area contributed by atoms with Crippen LogP contribution < -0.4 is 4.74 Å². The van der Waals surface area contributed by atoms with Gasteiger partial charge < -0.3 is 29.3 Å². The van der Waals surface area contributed by atoms with Crippen molar-refractivity contribution < 1.29 is 33.7 Å². The second kappa shape index (κ2) is 8.44. The summed E-state index contributed by atoms with van der Waals surface area (Å²) in [5, 5.41) is 10.6. The lowest BCUT2D eigenvalue weighted by atomic mass is 9.95. The van der Waals surface area contributed by atoms with E-state index in [1.165, 1.54) is 7.11 Å². The van der Waals surface area contributed by atoms with Crippen molar-refractivity contribution in [2.75, 3.05) is 33.4 Å². The summed E-state index contributed by atoms with van der Waals surface area (Å²) >= 11 is 0. The van der Waals surface area contributed by atoms with Crippen molar-refractivity contribution in [1.29, 1.82) is 0 Å². The first kappa shape index (κ1) is 21.4. The number of esters is 1. The molecule has 0 aliphatic carbocycles. The minimum absolute atomic E-state index is 0.117. The molecule has 2 rings (SSSR count). The van der Waals surface area contributed by atoms with E-state index in [1.54, 1.807) is 7.05 Å². The van der Waals surface area contributed by atoms with E-state index in [4.69, 9.17) is 19.3 Å². The van der Waals surface area contributed by atoms with Gasteiger partial charge in [-0.1, -0.05) is 11.6 Å². The Hall–Kier alpha value is -1.86. The van der Waals surface area contributed by atoms with Gasteiger partial charge in [-0.05, 0) is 32.9 Å². The number of carbonyl (C=O) groups is 1. The molecule has 3 N–H and O–H groups in total. The second-order valence-corrected chi connectivity index (χ2v) is 8.57. The number of methoxy groups -OCH3 is 1. The highest BCUT2D eigenvalue weighted by atomic mass is 31.2. The summed E-state index contributed by atoms with van der Waals surface area (Å²) in [6, 6.07) is 0. The molecule has 8 nitrogen and oxygen atoms in total. The van der Waals surface area contributed by atoms with Crippen LogP contribution >= 0.6 is 7.60 Å². The minimum Gasteiger partial charge on any atom is -0.507 e. The fourth-order valence-electron chi connectivity index (χ4n) is 3.17. The van der Waals surface area contributed by atoms with Crippen molar-refractivity contribution in [2.45, 2.75) is 26.9 Å². The highest BCUT2D eigenvalue weighted by molar-refractivity contribution is 7.51. The molecular weight excluding hydrogens is 373 g/mol. The van der Waals surface area contributed by atoms with E-state index in [2.05, 4.69) is 0 Å². The zero-order chi connectivity index (χ0) is 20.4. The Kier molecular flexibility index (Phi) is 6.70. The molecule has 1 aromatic rings. The lowest BCUT2D eigenvalue weighted by molar-refractivity contribution is 0.0533. The van der Waals surface area contributed by atoms with E-state index in [0.717, 1.165) is 11.1 Å². The molecule has 0 bridgehead atoms. The molecule has 1 aliphatic rings. The number of cyclic esters (lactones) is 1. The average Bonchev–Trinajstić information content (AvgIpc) is 2.96. The lowest BCUT2D eigenvalue weighted by Gasteiger charge is -2.18. The molecule has 27 heavy (non-hydrogen) atoms. The SMILES string of the molecule is COc1c(C)c2c(c(O)c1C/C=C(\C)CN(C)CCP(=O)(O)O)C(=O)OC2. The maximum Gasteiger partial charge on any atom is 0.342 e. The smallest absolute Gasteiger partial charge is 0.342 e. The van der Waals surface area contributed by atoms with Crippen LogP contribution in [0.25, 0.3) is 0 Å². The number of hydrogen-bond donors (Lipinski definition) is 3. The molecule has 0 amide bonds. The van der Waals surface area contributed by atoms with Crippen molar-refractivity contribution in [3.63, 3.8) is 0 Å². The molecule has 1 aliphatic heterocycles. The van der Waals surface area contributed by atoms with Gasteiger partial charge in [-0.2, -0.15) is 0 Å². The normalized spacial score (nSPS) is 14.5. The molecule has 0 spiro atoms. The highest BCUT2D eigenvalue weighted by Crippen LogP contribution is 2.42. The molecule has 0 aromatic heterocycles. The number of nitrogens with zero attached hydrogens (tertiary/aromatic N) is 1. The number of aromatic hydroxyl groups is 1. The van der Waals surface area contributed by atoms with Crippen LogP contribution in [0.1, 0.15) is 34.0 Å². The van der Waals surface area contributed by atoms with Gasteiger partial charge in [0, 0.05) is 24.2 Å². The number of likely N-dealkylation sites (N-methyl/N-ethyl adjacent to an activating group) is 1. The average molecular weight is 399 g/mol. The third kappa shape index (κ3) is 5.11. The number of allylic oxidation sites excluding steroid dienone is 1. The number of phenols is 1.